The van der Waals surface area contributed by atoms with Gasteiger partial charge in [0.15, 0.2) is 0 Å². The molecule has 0 unspecified atom stereocenters. The first kappa shape index (κ1) is 22.2. The molecule has 0 aromatic carbocycles. The lowest BCUT2D eigenvalue weighted by atomic mass is 10.2. The number of rotatable bonds is 1. The summed E-state index contributed by atoms with van der Waals surface area (Å²) in [5.74, 6) is -0.723. The molecular formula is C16H29NO7. The fourth-order valence-corrected chi connectivity index (χ4v) is 1.73. The lowest BCUT2D eigenvalue weighted by Gasteiger charge is -2.20. The van der Waals surface area contributed by atoms with Crippen LogP contribution >= 0.6 is 0 Å². The molecule has 1 heterocycles. The van der Waals surface area contributed by atoms with Gasteiger partial charge < -0.3 is 24.6 Å². The van der Waals surface area contributed by atoms with Crippen LogP contribution < -0.4 is 5.32 Å². The van der Waals surface area contributed by atoms with Gasteiger partial charge in [0.05, 0.1) is 0 Å². The Balaban J connectivity index is 0.000000496. The van der Waals surface area contributed by atoms with E-state index in [0.717, 1.165) is 12.8 Å². The van der Waals surface area contributed by atoms with Crippen LogP contribution in [0.3, 0.4) is 0 Å². The Hall–Kier alpha value is -1.83. The number of ether oxygens (including phenoxy) is 3. The summed E-state index contributed by atoms with van der Waals surface area (Å²) in [6.45, 7) is 12.0. The van der Waals surface area contributed by atoms with Gasteiger partial charge in [0.1, 0.15) is 17.2 Å². The highest BCUT2D eigenvalue weighted by Crippen LogP contribution is 2.12. The number of hydrogen-bond donors (Lipinski definition) is 2. The van der Waals surface area contributed by atoms with Crippen molar-refractivity contribution < 1.29 is 33.7 Å². The second-order valence-electron chi connectivity index (χ2n) is 7.57. The zero-order valence-electron chi connectivity index (χ0n) is 15.5. The number of carboxylic acids is 1. The maximum atomic E-state index is 11.0. The number of nitrogens with one attached hydrogen (secondary N) is 1. The van der Waals surface area contributed by atoms with Crippen LogP contribution in [0.4, 0.5) is 9.59 Å². The van der Waals surface area contributed by atoms with Crippen molar-refractivity contribution in [3.8, 4) is 0 Å². The summed E-state index contributed by atoms with van der Waals surface area (Å²) in [6.07, 6.45) is -0.360. The number of carbonyl (C=O) groups excluding carboxylic acids is 2. The molecule has 2 atom stereocenters. The van der Waals surface area contributed by atoms with Crippen molar-refractivity contribution in [3.63, 3.8) is 0 Å². The van der Waals surface area contributed by atoms with Gasteiger partial charge in [-0.3, -0.25) is 4.79 Å². The Bertz CT molecular complexity index is 422. The molecule has 8 nitrogen and oxygen atoms in total. The molecule has 0 aromatic rings. The van der Waals surface area contributed by atoms with Crippen molar-refractivity contribution in [2.45, 2.75) is 84.6 Å². The lowest BCUT2D eigenvalue weighted by molar-refractivity contribution is -0.139. The van der Waals surface area contributed by atoms with E-state index in [9.17, 15) is 14.4 Å². The minimum Gasteiger partial charge on any atom is -0.480 e. The maximum absolute atomic E-state index is 11.0. The van der Waals surface area contributed by atoms with Crippen LogP contribution in [0, 0.1) is 0 Å². The minimum absolute atomic E-state index is 0.292. The van der Waals surface area contributed by atoms with Crippen LogP contribution in [-0.2, 0) is 19.0 Å². The fraction of sp³-hybridized carbons (Fsp3) is 0.812. The highest BCUT2D eigenvalue weighted by molar-refractivity contribution is 5.77. The molecule has 1 aliphatic rings. The van der Waals surface area contributed by atoms with Crippen LogP contribution in [0.15, 0.2) is 0 Å². The summed E-state index contributed by atoms with van der Waals surface area (Å²) in [5.41, 5.74) is -1.39. The molecule has 0 saturated carbocycles. The van der Waals surface area contributed by atoms with Gasteiger partial charge in [-0.05, 0) is 61.3 Å². The van der Waals surface area contributed by atoms with Gasteiger partial charge in [-0.15, -0.1) is 0 Å². The zero-order valence-corrected chi connectivity index (χ0v) is 15.5. The standard InChI is InChI=1S/C10H18O5.C6H11NO2/c1-9(2,3)14-7(11)13-8(12)15-10(4,5)6;1-4-2-3-5(7-4)6(8)9/h1-6H3;4-5,7H,2-3H2,1H3,(H,8,9)/t;4-,5-/m.0/s1. The van der Waals surface area contributed by atoms with Gasteiger partial charge in [0, 0.05) is 6.04 Å². The summed E-state index contributed by atoms with van der Waals surface area (Å²) in [6, 6.07) is 0.0890. The molecule has 1 aliphatic heterocycles. The Morgan fingerprint density at radius 2 is 1.33 bits per heavy atom. The molecule has 0 bridgehead atoms. The number of hydrogen-bond acceptors (Lipinski definition) is 7. The van der Waals surface area contributed by atoms with Crippen molar-refractivity contribution in [1.29, 1.82) is 0 Å². The topological polar surface area (TPSA) is 111 Å². The van der Waals surface area contributed by atoms with Gasteiger partial charge in [-0.2, -0.15) is 0 Å². The third-order valence-electron chi connectivity index (χ3n) is 2.62. The summed E-state index contributed by atoms with van der Waals surface area (Å²) in [5, 5.41) is 11.4. The predicted octanol–water partition coefficient (Wildman–Crippen LogP) is 3.08. The van der Waals surface area contributed by atoms with E-state index in [1.54, 1.807) is 41.5 Å². The Morgan fingerprint density at radius 1 is 0.917 bits per heavy atom. The molecule has 1 rings (SSSR count). The molecule has 24 heavy (non-hydrogen) atoms. The van der Waals surface area contributed by atoms with Crippen molar-refractivity contribution in [1.82, 2.24) is 5.32 Å². The predicted molar refractivity (Wildman–Crippen MR) is 86.8 cm³/mol. The fourth-order valence-electron chi connectivity index (χ4n) is 1.73. The quantitative estimate of drug-likeness (QED) is 0.550. The monoisotopic (exact) mass is 347 g/mol. The third-order valence-corrected chi connectivity index (χ3v) is 2.62. The summed E-state index contributed by atoms with van der Waals surface area (Å²) < 4.78 is 13.8. The van der Waals surface area contributed by atoms with Gasteiger partial charge >= 0.3 is 18.3 Å². The third kappa shape index (κ3) is 11.7. The Morgan fingerprint density at radius 3 is 1.54 bits per heavy atom. The smallest absolute Gasteiger partial charge is 0.480 e. The van der Waals surface area contributed by atoms with E-state index in [2.05, 4.69) is 10.1 Å². The number of aliphatic carboxylic acids is 1. The van der Waals surface area contributed by atoms with E-state index in [1.165, 1.54) is 0 Å². The van der Waals surface area contributed by atoms with Crippen molar-refractivity contribution in [2.75, 3.05) is 0 Å². The lowest BCUT2D eigenvalue weighted by Crippen LogP contribution is -2.33. The van der Waals surface area contributed by atoms with E-state index in [1.807, 2.05) is 6.92 Å². The van der Waals surface area contributed by atoms with E-state index >= 15 is 0 Å². The highest BCUT2D eigenvalue weighted by Gasteiger charge is 2.25. The molecule has 0 aliphatic carbocycles. The molecular weight excluding hydrogens is 318 g/mol. The largest absolute Gasteiger partial charge is 0.519 e. The summed E-state index contributed by atoms with van der Waals surface area (Å²) in [4.78, 5) is 32.3. The number of carboxylic acid groups (broad SMARTS) is 1. The van der Waals surface area contributed by atoms with Crippen molar-refractivity contribution in [2.24, 2.45) is 0 Å². The average Bonchev–Trinajstić information content (AvgIpc) is 2.71. The molecule has 0 amide bonds. The molecule has 0 spiro atoms. The maximum Gasteiger partial charge on any atom is 0.519 e. The van der Waals surface area contributed by atoms with Gasteiger partial charge in [-0.1, -0.05) is 0 Å². The SMILES string of the molecule is CC(C)(C)OC(=O)OC(=O)OC(C)(C)C.C[C@H]1CC[C@@H](C(=O)O)N1. The first-order valence-corrected chi connectivity index (χ1v) is 7.82. The van der Waals surface area contributed by atoms with E-state index < -0.39 is 29.5 Å². The van der Waals surface area contributed by atoms with E-state index in [0.29, 0.717) is 6.04 Å². The molecule has 1 fully saturated rings. The zero-order chi connectivity index (χ0) is 19.1. The van der Waals surface area contributed by atoms with E-state index in [4.69, 9.17) is 14.6 Å². The highest BCUT2D eigenvalue weighted by atomic mass is 16.8. The minimum atomic E-state index is -1.06. The molecule has 140 valence electrons. The molecule has 8 heteroatoms. The second kappa shape index (κ2) is 8.86. The Labute approximate surface area is 142 Å². The van der Waals surface area contributed by atoms with Crippen LogP contribution in [0.25, 0.3) is 0 Å². The Kier molecular flexibility index (Phi) is 8.19. The normalized spacial score (nSPS) is 20.5. The van der Waals surface area contributed by atoms with Crippen LogP contribution in [0.2, 0.25) is 0 Å². The van der Waals surface area contributed by atoms with Crippen LogP contribution in [0.5, 0.6) is 0 Å². The van der Waals surface area contributed by atoms with Gasteiger partial charge in [0.25, 0.3) is 0 Å². The van der Waals surface area contributed by atoms with Gasteiger partial charge in [0.2, 0.25) is 0 Å². The number of carbonyl (C=O) groups is 3. The first-order valence-electron chi connectivity index (χ1n) is 7.82. The van der Waals surface area contributed by atoms with E-state index in [-0.39, 0.29) is 6.04 Å². The average molecular weight is 347 g/mol. The summed E-state index contributed by atoms with van der Waals surface area (Å²) in [7, 11) is 0. The molecule has 0 radical (unpaired) electrons. The van der Waals surface area contributed by atoms with Crippen LogP contribution in [0.1, 0.15) is 61.3 Å². The second-order valence-corrected chi connectivity index (χ2v) is 7.57. The molecule has 2 N–H and O–H groups in total. The summed E-state index contributed by atoms with van der Waals surface area (Å²) >= 11 is 0. The molecule has 1 saturated heterocycles. The molecule has 0 aromatic heterocycles. The van der Waals surface area contributed by atoms with Crippen LogP contribution in [-0.4, -0.2) is 46.7 Å². The van der Waals surface area contributed by atoms with Gasteiger partial charge in [-0.25, -0.2) is 9.59 Å². The first-order chi connectivity index (χ1) is 10.7. The van der Waals surface area contributed by atoms with Crippen molar-refractivity contribution >= 4 is 18.3 Å². The van der Waals surface area contributed by atoms with Crippen molar-refractivity contribution in [3.05, 3.63) is 0 Å².